The maximum Gasteiger partial charge on any atom is 0.106 e. The fourth-order valence-electron chi connectivity index (χ4n) is 3.30. The summed E-state index contributed by atoms with van der Waals surface area (Å²) in [4.78, 5) is 7.94. The number of hydrogen-bond donors (Lipinski definition) is 1. The number of aromatic amines is 1. The van der Waals surface area contributed by atoms with Gasteiger partial charge in [0, 0.05) is 24.7 Å². The van der Waals surface area contributed by atoms with E-state index in [4.69, 9.17) is 5.26 Å². The van der Waals surface area contributed by atoms with Crippen molar-refractivity contribution in [2.75, 3.05) is 0 Å². The Balaban J connectivity index is 1.34. The van der Waals surface area contributed by atoms with Gasteiger partial charge in [-0.15, -0.1) is 0 Å². The lowest BCUT2D eigenvalue weighted by atomic mass is 10.0. The van der Waals surface area contributed by atoms with Crippen molar-refractivity contribution < 1.29 is 0 Å². The smallest absolute Gasteiger partial charge is 0.106 e. The fraction of sp³-hybridized carbons (Fsp3) is 0.120. The number of aryl methyl sites for hydroxylation is 2. The van der Waals surface area contributed by atoms with Crippen LogP contribution in [-0.2, 0) is 19.3 Å². The molecule has 0 fully saturated rings. The highest BCUT2D eigenvalue weighted by atomic mass is 14.9. The van der Waals surface area contributed by atoms with Gasteiger partial charge in [0.25, 0.3) is 0 Å². The third-order valence-electron chi connectivity index (χ3n) is 4.87. The van der Waals surface area contributed by atoms with Crippen LogP contribution < -0.4 is 0 Å². The Bertz CT molecular complexity index is 1070. The molecule has 0 saturated carbocycles. The van der Waals surface area contributed by atoms with Gasteiger partial charge >= 0.3 is 0 Å². The zero-order chi connectivity index (χ0) is 19.2. The van der Waals surface area contributed by atoms with Crippen molar-refractivity contribution >= 4 is 0 Å². The highest BCUT2D eigenvalue weighted by molar-refractivity contribution is 5.63. The minimum Gasteiger partial charge on any atom is -0.346 e. The first-order chi connectivity index (χ1) is 13.8. The summed E-state index contributed by atoms with van der Waals surface area (Å²) in [5.74, 6) is 1.01. The quantitative estimate of drug-likeness (QED) is 0.504. The molecule has 1 N–H and O–H groups in total. The third kappa shape index (κ3) is 4.36. The average molecular weight is 363 g/mol. The minimum absolute atomic E-state index is 0.687. The van der Waals surface area contributed by atoms with E-state index >= 15 is 0 Å². The predicted molar refractivity (Wildman–Crippen MR) is 112 cm³/mol. The van der Waals surface area contributed by atoms with Crippen molar-refractivity contribution in [2.24, 2.45) is 0 Å². The Hall–Kier alpha value is -3.64. The second-order valence-corrected chi connectivity index (χ2v) is 6.90. The molecule has 1 heterocycles. The van der Waals surface area contributed by atoms with Crippen LogP contribution in [0.25, 0.3) is 11.1 Å². The number of rotatable bonds is 6. The van der Waals surface area contributed by atoms with Gasteiger partial charge in [-0.2, -0.15) is 5.26 Å². The molecule has 0 aliphatic rings. The second-order valence-electron chi connectivity index (χ2n) is 6.90. The largest absolute Gasteiger partial charge is 0.346 e. The van der Waals surface area contributed by atoms with Crippen molar-refractivity contribution in [3.8, 4) is 17.2 Å². The minimum atomic E-state index is 0.687. The van der Waals surface area contributed by atoms with Crippen LogP contribution in [0.1, 0.15) is 28.2 Å². The summed E-state index contributed by atoms with van der Waals surface area (Å²) in [7, 11) is 0. The van der Waals surface area contributed by atoms with Crippen molar-refractivity contribution in [3.63, 3.8) is 0 Å². The lowest BCUT2D eigenvalue weighted by molar-refractivity contribution is 0.877. The normalized spacial score (nSPS) is 10.5. The summed E-state index contributed by atoms with van der Waals surface area (Å²) in [6.45, 7) is 0. The first kappa shape index (κ1) is 17.8. The molecule has 1 aromatic heterocycles. The van der Waals surface area contributed by atoms with E-state index in [-0.39, 0.29) is 0 Å². The van der Waals surface area contributed by atoms with Crippen molar-refractivity contribution in [2.45, 2.75) is 19.3 Å². The van der Waals surface area contributed by atoms with Crippen molar-refractivity contribution in [1.82, 2.24) is 9.97 Å². The highest BCUT2D eigenvalue weighted by Crippen LogP contribution is 2.20. The standard InChI is InChI=1S/C25H21N3/c26-17-21-8-6-20(7-9-21)16-24-18-27-25(28-24)15-12-19-10-13-23(14-11-19)22-4-2-1-3-5-22/h1-11,13-14,18H,12,15-16H2,(H,27,28). The number of benzene rings is 3. The van der Waals surface area contributed by atoms with Crippen molar-refractivity contribution in [3.05, 3.63) is 113 Å². The molecule has 0 radical (unpaired) electrons. The van der Waals surface area contributed by atoms with Gasteiger partial charge in [0.15, 0.2) is 0 Å². The molecule has 3 heteroatoms. The van der Waals surface area contributed by atoms with Gasteiger partial charge in [0.05, 0.1) is 11.6 Å². The average Bonchev–Trinajstić information content (AvgIpc) is 3.21. The van der Waals surface area contributed by atoms with Gasteiger partial charge in [0.2, 0.25) is 0 Å². The van der Waals surface area contributed by atoms with E-state index in [1.807, 2.05) is 36.5 Å². The summed E-state index contributed by atoms with van der Waals surface area (Å²) in [5, 5.41) is 8.88. The Morgan fingerprint density at radius 3 is 2.14 bits per heavy atom. The first-order valence-corrected chi connectivity index (χ1v) is 9.46. The van der Waals surface area contributed by atoms with Crippen LogP contribution in [0.5, 0.6) is 0 Å². The van der Waals surface area contributed by atoms with Gasteiger partial charge in [-0.05, 0) is 40.8 Å². The molecule has 136 valence electrons. The maximum absolute atomic E-state index is 8.88. The van der Waals surface area contributed by atoms with E-state index in [1.165, 1.54) is 22.3 Å². The summed E-state index contributed by atoms with van der Waals surface area (Å²) in [6, 6.07) is 29.0. The molecule has 0 aliphatic heterocycles. The molecule has 0 amide bonds. The zero-order valence-electron chi connectivity index (χ0n) is 15.6. The first-order valence-electron chi connectivity index (χ1n) is 9.46. The lowest BCUT2D eigenvalue weighted by Crippen LogP contribution is -1.95. The fourth-order valence-corrected chi connectivity index (χ4v) is 3.30. The molecule has 0 saturated heterocycles. The van der Waals surface area contributed by atoms with Crippen LogP contribution >= 0.6 is 0 Å². The topological polar surface area (TPSA) is 52.5 Å². The molecule has 0 atom stereocenters. The third-order valence-corrected chi connectivity index (χ3v) is 4.87. The van der Waals surface area contributed by atoms with Crippen LogP contribution in [0, 0.1) is 11.3 Å². The summed E-state index contributed by atoms with van der Waals surface area (Å²) in [5.41, 5.74) is 6.75. The molecule has 0 spiro atoms. The van der Waals surface area contributed by atoms with E-state index in [1.54, 1.807) is 0 Å². The van der Waals surface area contributed by atoms with Gasteiger partial charge in [-0.3, -0.25) is 0 Å². The maximum atomic E-state index is 8.88. The Morgan fingerprint density at radius 1 is 0.750 bits per heavy atom. The lowest BCUT2D eigenvalue weighted by Gasteiger charge is -2.04. The van der Waals surface area contributed by atoms with Crippen LogP contribution in [0.3, 0.4) is 0 Å². The molecule has 28 heavy (non-hydrogen) atoms. The van der Waals surface area contributed by atoms with E-state index in [0.29, 0.717) is 5.56 Å². The Labute approximate surface area is 165 Å². The van der Waals surface area contributed by atoms with Crippen LogP contribution in [0.15, 0.2) is 85.1 Å². The predicted octanol–water partition coefficient (Wildman–Crippen LogP) is 5.32. The van der Waals surface area contributed by atoms with Gasteiger partial charge < -0.3 is 4.98 Å². The number of H-pyrrole nitrogens is 1. The number of imidazole rings is 1. The summed E-state index contributed by atoms with van der Waals surface area (Å²) < 4.78 is 0. The number of aromatic nitrogens is 2. The highest BCUT2D eigenvalue weighted by Gasteiger charge is 2.04. The zero-order valence-corrected chi connectivity index (χ0v) is 15.6. The number of nitrogens with one attached hydrogen (secondary N) is 1. The SMILES string of the molecule is N#Cc1ccc(Cc2cnc(CCc3ccc(-c4ccccc4)cc3)[nH]2)cc1. The second kappa shape index (κ2) is 8.37. The number of hydrogen-bond acceptors (Lipinski definition) is 2. The molecule has 0 bridgehead atoms. The van der Waals surface area contributed by atoms with E-state index < -0.39 is 0 Å². The summed E-state index contributed by atoms with van der Waals surface area (Å²) >= 11 is 0. The van der Waals surface area contributed by atoms with Crippen LogP contribution in [-0.4, -0.2) is 9.97 Å². The van der Waals surface area contributed by atoms with Crippen LogP contribution in [0.2, 0.25) is 0 Å². The van der Waals surface area contributed by atoms with Gasteiger partial charge in [0.1, 0.15) is 5.82 Å². The van der Waals surface area contributed by atoms with E-state index in [9.17, 15) is 0 Å². The van der Waals surface area contributed by atoms with Gasteiger partial charge in [-0.1, -0.05) is 66.7 Å². The number of nitriles is 1. The molecule has 3 nitrogen and oxygen atoms in total. The molecule has 0 aliphatic carbocycles. The molecular weight excluding hydrogens is 342 g/mol. The monoisotopic (exact) mass is 363 g/mol. The van der Waals surface area contributed by atoms with E-state index in [0.717, 1.165) is 30.8 Å². The molecule has 4 rings (SSSR count). The molecule has 0 unspecified atom stereocenters. The molecule has 4 aromatic rings. The van der Waals surface area contributed by atoms with Gasteiger partial charge in [-0.25, -0.2) is 4.98 Å². The van der Waals surface area contributed by atoms with Crippen molar-refractivity contribution in [1.29, 1.82) is 5.26 Å². The molecular formula is C25H21N3. The Morgan fingerprint density at radius 2 is 1.43 bits per heavy atom. The Kier molecular flexibility index (Phi) is 5.31. The summed E-state index contributed by atoms with van der Waals surface area (Å²) in [6.07, 6.45) is 4.55. The van der Waals surface area contributed by atoms with Crippen LogP contribution in [0.4, 0.5) is 0 Å². The molecule has 3 aromatic carbocycles. The van der Waals surface area contributed by atoms with E-state index in [2.05, 4.69) is 64.6 Å². The number of nitrogens with zero attached hydrogens (tertiary/aromatic N) is 2.